The molecule has 0 bridgehead atoms. The largest absolute Gasteiger partial charge is 0.456 e. The van der Waals surface area contributed by atoms with Crippen LogP contribution in [0.25, 0.3) is 10.2 Å². The van der Waals surface area contributed by atoms with Gasteiger partial charge in [0.15, 0.2) is 6.61 Å². The molecule has 3 heterocycles. The maximum Gasteiger partial charge on any atom is 0.308 e. The van der Waals surface area contributed by atoms with Crippen molar-refractivity contribution in [1.82, 2.24) is 9.55 Å². The van der Waals surface area contributed by atoms with Crippen LogP contribution >= 0.6 is 22.7 Å². The van der Waals surface area contributed by atoms with Crippen LogP contribution in [-0.4, -0.2) is 28.0 Å². The number of hydrogen-bond acceptors (Lipinski definition) is 8. The topological polar surface area (TPSA) is 114 Å². The second-order valence-corrected chi connectivity index (χ2v) is 8.87. The number of anilines is 1. The van der Waals surface area contributed by atoms with Crippen LogP contribution in [0.1, 0.15) is 35.3 Å². The van der Waals surface area contributed by atoms with Gasteiger partial charge in [0.05, 0.1) is 23.7 Å². The third-order valence-corrected chi connectivity index (χ3v) is 6.93. The monoisotopic (exact) mass is 442 g/mol. The first-order valence-corrected chi connectivity index (χ1v) is 11.2. The summed E-state index contributed by atoms with van der Waals surface area (Å²) in [6.07, 6.45) is 5.51. The van der Waals surface area contributed by atoms with Crippen molar-refractivity contribution < 1.29 is 14.3 Å². The number of aromatic nitrogens is 2. The summed E-state index contributed by atoms with van der Waals surface area (Å²) in [6, 6.07) is 3.57. The fourth-order valence-electron chi connectivity index (χ4n) is 3.43. The van der Waals surface area contributed by atoms with Crippen LogP contribution in [0.15, 0.2) is 22.6 Å². The number of esters is 1. The first kappa shape index (κ1) is 20.3. The molecule has 0 fully saturated rings. The summed E-state index contributed by atoms with van der Waals surface area (Å²) in [5, 5.41) is 14.3. The standard InChI is InChI=1S/C20H18N4O4S2/c21-9-12-6-8-29-18(12)23-15(25)10-28-16(26)5-7-24-11-22-19-17(20(24)27)13-3-1-2-4-14(13)30-19/h6,8,11H,1-5,7,10H2,(H,23,25). The van der Waals surface area contributed by atoms with Crippen molar-refractivity contribution in [2.75, 3.05) is 11.9 Å². The Bertz CT molecular complexity index is 1220. The molecule has 30 heavy (non-hydrogen) atoms. The lowest BCUT2D eigenvalue weighted by atomic mass is 9.97. The molecule has 3 aromatic rings. The van der Waals surface area contributed by atoms with Crippen LogP contribution in [0.3, 0.4) is 0 Å². The molecule has 0 spiro atoms. The molecule has 154 valence electrons. The number of hydrogen-bond donors (Lipinski definition) is 1. The van der Waals surface area contributed by atoms with E-state index in [4.69, 9.17) is 10.00 Å². The summed E-state index contributed by atoms with van der Waals surface area (Å²) in [4.78, 5) is 43.2. The molecule has 8 nitrogen and oxygen atoms in total. The first-order chi connectivity index (χ1) is 14.6. The fourth-order valence-corrected chi connectivity index (χ4v) is 5.40. The normalized spacial score (nSPS) is 12.9. The van der Waals surface area contributed by atoms with E-state index in [0.717, 1.165) is 36.1 Å². The zero-order valence-corrected chi connectivity index (χ0v) is 17.6. The van der Waals surface area contributed by atoms with Gasteiger partial charge in [0.2, 0.25) is 0 Å². The van der Waals surface area contributed by atoms with Crippen LogP contribution in [-0.2, 0) is 33.7 Å². The third-order valence-electron chi connectivity index (χ3n) is 4.90. The van der Waals surface area contributed by atoms with Gasteiger partial charge in [-0.3, -0.25) is 19.0 Å². The molecule has 1 aliphatic carbocycles. The van der Waals surface area contributed by atoms with Gasteiger partial charge in [-0.1, -0.05) is 0 Å². The number of ether oxygens (including phenoxy) is 1. The molecule has 4 rings (SSSR count). The average Bonchev–Trinajstić information content (AvgIpc) is 3.35. The minimum absolute atomic E-state index is 0.0465. The Hall–Kier alpha value is -3.03. The quantitative estimate of drug-likeness (QED) is 0.587. The van der Waals surface area contributed by atoms with Gasteiger partial charge >= 0.3 is 5.97 Å². The van der Waals surface area contributed by atoms with Crippen molar-refractivity contribution in [3.8, 4) is 6.07 Å². The maximum atomic E-state index is 12.9. The third kappa shape index (κ3) is 4.13. The lowest BCUT2D eigenvalue weighted by Crippen LogP contribution is -2.24. The zero-order valence-electron chi connectivity index (χ0n) is 16.0. The summed E-state index contributed by atoms with van der Waals surface area (Å²) in [6.45, 7) is -0.317. The van der Waals surface area contributed by atoms with Gasteiger partial charge in [-0.15, -0.1) is 22.7 Å². The highest BCUT2D eigenvalue weighted by Gasteiger charge is 2.20. The number of fused-ring (bicyclic) bond motifs is 3. The summed E-state index contributed by atoms with van der Waals surface area (Å²) < 4.78 is 6.41. The Morgan fingerprint density at radius 3 is 3.00 bits per heavy atom. The molecule has 0 radical (unpaired) electrons. The van der Waals surface area contributed by atoms with E-state index in [1.807, 2.05) is 6.07 Å². The molecule has 0 saturated heterocycles. The van der Waals surface area contributed by atoms with E-state index < -0.39 is 18.5 Å². The van der Waals surface area contributed by atoms with Crippen LogP contribution in [0, 0.1) is 11.3 Å². The molecule has 0 saturated carbocycles. The highest BCUT2D eigenvalue weighted by atomic mass is 32.1. The molecule has 1 N–H and O–H groups in total. The number of amides is 1. The van der Waals surface area contributed by atoms with E-state index in [0.29, 0.717) is 16.0 Å². The molecular weight excluding hydrogens is 424 g/mol. The van der Waals surface area contributed by atoms with Crippen LogP contribution in [0.5, 0.6) is 0 Å². The first-order valence-electron chi connectivity index (χ1n) is 9.49. The average molecular weight is 443 g/mol. The number of nitrogens with one attached hydrogen (secondary N) is 1. The van der Waals surface area contributed by atoms with E-state index in [1.165, 1.54) is 27.1 Å². The van der Waals surface area contributed by atoms with E-state index in [1.54, 1.807) is 22.8 Å². The second-order valence-electron chi connectivity index (χ2n) is 6.87. The van der Waals surface area contributed by atoms with Crippen LogP contribution in [0.2, 0.25) is 0 Å². The summed E-state index contributed by atoms with van der Waals surface area (Å²) >= 11 is 2.80. The van der Waals surface area contributed by atoms with Gasteiger partial charge < -0.3 is 10.1 Å². The van der Waals surface area contributed by atoms with Gasteiger partial charge in [0.25, 0.3) is 11.5 Å². The van der Waals surface area contributed by atoms with Crippen molar-refractivity contribution in [3.63, 3.8) is 0 Å². The lowest BCUT2D eigenvalue weighted by Gasteiger charge is -2.10. The maximum absolute atomic E-state index is 12.9. The predicted molar refractivity (Wildman–Crippen MR) is 114 cm³/mol. The van der Waals surface area contributed by atoms with Crippen molar-refractivity contribution >= 4 is 49.8 Å². The molecule has 1 aliphatic rings. The van der Waals surface area contributed by atoms with Crippen molar-refractivity contribution in [2.45, 2.75) is 38.6 Å². The van der Waals surface area contributed by atoms with Gasteiger partial charge in [-0.2, -0.15) is 5.26 Å². The van der Waals surface area contributed by atoms with Gasteiger partial charge in [0.1, 0.15) is 15.9 Å². The predicted octanol–water partition coefficient (Wildman–Crippen LogP) is 2.84. The second kappa shape index (κ2) is 8.77. The highest BCUT2D eigenvalue weighted by Crippen LogP contribution is 2.33. The van der Waals surface area contributed by atoms with Crippen LogP contribution < -0.4 is 10.9 Å². The highest BCUT2D eigenvalue weighted by molar-refractivity contribution is 7.18. The van der Waals surface area contributed by atoms with Crippen LogP contribution in [0.4, 0.5) is 5.00 Å². The minimum Gasteiger partial charge on any atom is -0.456 e. The van der Waals surface area contributed by atoms with Crippen molar-refractivity contribution in [1.29, 1.82) is 5.26 Å². The van der Waals surface area contributed by atoms with Gasteiger partial charge in [-0.25, -0.2) is 4.98 Å². The molecule has 1 amide bonds. The van der Waals surface area contributed by atoms with Crippen molar-refractivity contribution in [3.05, 3.63) is 44.1 Å². The molecule has 10 heteroatoms. The number of thiophene rings is 2. The van der Waals surface area contributed by atoms with E-state index in [9.17, 15) is 14.4 Å². The minimum atomic E-state index is -0.587. The SMILES string of the molecule is N#Cc1ccsc1NC(=O)COC(=O)CCn1cnc2sc3c(c2c1=O)CCCC3. The molecule has 0 aliphatic heterocycles. The Kier molecular flexibility index (Phi) is 5.92. The Labute approximate surface area is 179 Å². The lowest BCUT2D eigenvalue weighted by molar-refractivity contribution is -0.147. The number of nitrogens with zero attached hydrogens (tertiary/aromatic N) is 3. The molecule has 0 aromatic carbocycles. The van der Waals surface area contributed by atoms with E-state index >= 15 is 0 Å². The number of carbonyl (C=O) groups excluding carboxylic acids is 2. The number of carbonyl (C=O) groups is 2. The summed E-state index contributed by atoms with van der Waals surface area (Å²) in [7, 11) is 0. The molecular formula is C20H18N4O4S2. The fraction of sp³-hybridized carbons (Fsp3) is 0.350. The van der Waals surface area contributed by atoms with Gasteiger partial charge in [-0.05, 0) is 42.7 Å². The smallest absolute Gasteiger partial charge is 0.308 e. The van der Waals surface area contributed by atoms with E-state index in [2.05, 4.69) is 10.3 Å². The Morgan fingerprint density at radius 2 is 2.17 bits per heavy atom. The number of nitriles is 1. The number of rotatable bonds is 6. The zero-order chi connectivity index (χ0) is 21.1. The molecule has 0 unspecified atom stereocenters. The molecule has 3 aromatic heterocycles. The van der Waals surface area contributed by atoms with E-state index in [-0.39, 0.29) is 18.5 Å². The summed E-state index contributed by atoms with van der Waals surface area (Å²) in [5.74, 6) is -1.11. The Morgan fingerprint density at radius 1 is 1.33 bits per heavy atom. The number of aryl methyl sites for hydroxylation is 3. The summed E-state index contributed by atoms with van der Waals surface area (Å²) in [5.41, 5.74) is 1.34. The Balaban J connectivity index is 1.34. The molecule has 0 atom stereocenters. The van der Waals surface area contributed by atoms with Crippen molar-refractivity contribution in [2.24, 2.45) is 0 Å². The van der Waals surface area contributed by atoms with Gasteiger partial charge in [0, 0.05) is 11.4 Å².